The van der Waals surface area contributed by atoms with Crippen LogP contribution < -0.4 is 0 Å². The predicted molar refractivity (Wildman–Crippen MR) is 68.7 cm³/mol. The minimum atomic E-state index is -2.41. The second-order valence-corrected chi connectivity index (χ2v) is 9.46. The van der Waals surface area contributed by atoms with Crippen molar-refractivity contribution >= 4 is 19.0 Å². The minimum absolute atomic E-state index is 0.117. The van der Waals surface area contributed by atoms with Crippen molar-refractivity contribution in [2.24, 2.45) is 0 Å². The highest BCUT2D eigenvalue weighted by Gasteiger charge is 2.40. The van der Waals surface area contributed by atoms with Crippen LogP contribution in [-0.4, -0.2) is 52.2 Å². The van der Waals surface area contributed by atoms with Gasteiger partial charge in [-0.15, -0.1) is 0 Å². The van der Waals surface area contributed by atoms with Crippen molar-refractivity contribution in [3.05, 3.63) is 0 Å². The average Bonchev–Trinajstić information content (AvgIpc) is 2.33. The first-order chi connectivity index (χ1) is 7.60. The topological polar surface area (TPSA) is 36.9 Å². The Kier molecular flexibility index (Phi) is 5.62. The van der Waals surface area contributed by atoms with Gasteiger partial charge >= 0.3 is 8.80 Å². The number of ether oxygens (including phenoxy) is 1. The minimum Gasteiger partial charge on any atom is -0.380 e. The summed E-state index contributed by atoms with van der Waals surface area (Å²) in [7, 11) is 3.66. The summed E-state index contributed by atoms with van der Waals surface area (Å²) in [6.07, 6.45) is 4.66. The normalized spacial score (nSPS) is 27.2. The molecule has 0 aromatic rings. The maximum absolute atomic E-state index is 5.91. The summed E-state index contributed by atoms with van der Waals surface area (Å²) in [5.41, 5.74) is 0. The molecule has 1 saturated heterocycles. The summed E-state index contributed by atoms with van der Waals surface area (Å²) in [5, 5.41) is 0.117. The molecule has 16 heavy (non-hydrogen) atoms. The standard InChI is InChI=1S/C10H24O4Si2/c1-11-16(12-2,13-3)9-7-10(15)6-4-5-8-14-10/h4-9H2,1-3,15H3. The molecule has 0 aromatic heterocycles. The van der Waals surface area contributed by atoms with E-state index in [9.17, 15) is 0 Å². The van der Waals surface area contributed by atoms with Gasteiger partial charge in [0.1, 0.15) is 0 Å². The summed E-state index contributed by atoms with van der Waals surface area (Å²) >= 11 is 0. The van der Waals surface area contributed by atoms with Gasteiger partial charge < -0.3 is 18.0 Å². The van der Waals surface area contributed by atoms with Gasteiger partial charge in [0, 0.05) is 49.4 Å². The summed E-state index contributed by atoms with van der Waals surface area (Å²) in [6.45, 7) is 0.908. The van der Waals surface area contributed by atoms with E-state index in [-0.39, 0.29) is 5.22 Å². The van der Waals surface area contributed by atoms with E-state index in [4.69, 9.17) is 18.0 Å². The monoisotopic (exact) mass is 264 g/mol. The average molecular weight is 264 g/mol. The summed E-state index contributed by atoms with van der Waals surface area (Å²) in [4.78, 5) is 0. The van der Waals surface area contributed by atoms with Gasteiger partial charge in [-0.2, -0.15) is 0 Å². The van der Waals surface area contributed by atoms with E-state index in [2.05, 4.69) is 0 Å². The van der Waals surface area contributed by atoms with E-state index in [1.165, 1.54) is 19.3 Å². The summed E-state index contributed by atoms with van der Waals surface area (Å²) in [6, 6.07) is 0.847. The highest BCUT2D eigenvalue weighted by molar-refractivity contribution is 6.60. The van der Waals surface area contributed by atoms with Gasteiger partial charge in [0.25, 0.3) is 0 Å². The van der Waals surface area contributed by atoms with Gasteiger partial charge in [-0.1, -0.05) is 0 Å². The molecule has 0 saturated carbocycles. The molecule has 0 radical (unpaired) electrons. The molecule has 0 bridgehead atoms. The molecule has 1 fully saturated rings. The van der Waals surface area contributed by atoms with Crippen LogP contribution in [0.25, 0.3) is 0 Å². The molecule has 1 heterocycles. The third-order valence-electron chi connectivity index (χ3n) is 3.44. The lowest BCUT2D eigenvalue weighted by molar-refractivity contribution is -0.0227. The number of rotatable bonds is 6. The van der Waals surface area contributed by atoms with Crippen LogP contribution in [0.5, 0.6) is 0 Å². The summed E-state index contributed by atoms with van der Waals surface area (Å²) in [5.74, 6) is 0. The Bertz CT molecular complexity index is 195. The number of hydrogen-bond donors (Lipinski definition) is 0. The van der Waals surface area contributed by atoms with Crippen molar-refractivity contribution in [3.63, 3.8) is 0 Å². The lowest BCUT2D eigenvalue weighted by atomic mass is 10.1. The summed E-state index contributed by atoms with van der Waals surface area (Å²) < 4.78 is 22.2. The zero-order valence-electron chi connectivity index (χ0n) is 10.9. The molecule has 4 nitrogen and oxygen atoms in total. The van der Waals surface area contributed by atoms with E-state index in [0.717, 1.165) is 29.3 Å². The van der Waals surface area contributed by atoms with E-state index >= 15 is 0 Å². The van der Waals surface area contributed by atoms with Crippen LogP contribution in [0.3, 0.4) is 0 Å². The van der Waals surface area contributed by atoms with Gasteiger partial charge in [-0.05, 0) is 25.7 Å². The molecule has 0 N–H and O–H groups in total. The van der Waals surface area contributed by atoms with Crippen molar-refractivity contribution in [3.8, 4) is 0 Å². The fourth-order valence-corrected chi connectivity index (χ4v) is 5.42. The fourth-order valence-electron chi connectivity index (χ4n) is 2.16. The molecule has 0 spiro atoms. The maximum atomic E-state index is 5.91. The molecular weight excluding hydrogens is 240 g/mol. The maximum Gasteiger partial charge on any atom is 0.500 e. The highest BCUT2D eigenvalue weighted by atomic mass is 28.4. The molecule has 0 aliphatic carbocycles. The van der Waals surface area contributed by atoms with Gasteiger partial charge in [-0.25, -0.2) is 0 Å². The third kappa shape index (κ3) is 3.64. The van der Waals surface area contributed by atoms with Crippen LogP contribution in [0.2, 0.25) is 6.04 Å². The van der Waals surface area contributed by atoms with Gasteiger partial charge in [0.15, 0.2) is 0 Å². The first-order valence-electron chi connectivity index (χ1n) is 5.89. The molecule has 1 rings (SSSR count). The molecular formula is C10H24O4Si2. The smallest absolute Gasteiger partial charge is 0.380 e. The Morgan fingerprint density at radius 3 is 2.25 bits per heavy atom. The second-order valence-electron chi connectivity index (χ2n) is 4.55. The van der Waals surface area contributed by atoms with Crippen molar-refractivity contribution in [2.75, 3.05) is 27.9 Å². The Balaban J connectivity index is 2.47. The van der Waals surface area contributed by atoms with E-state index in [1.54, 1.807) is 21.3 Å². The largest absolute Gasteiger partial charge is 0.500 e. The van der Waals surface area contributed by atoms with Crippen molar-refractivity contribution in [1.29, 1.82) is 0 Å². The highest BCUT2D eigenvalue weighted by Crippen LogP contribution is 2.29. The molecule has 1 unspecified atom stereocenters. The molecule has 1 aliphatic heterocycles. The molecule has 96 valence electrons. The number of hydrogen-bond acceptors (Lipinski definition) is 4. The van der Waals surface area contributed by atoms with E-state index in [1.807, 2.05) is 0 Å². The predicted octanol–water partition coefficient (Wildman–Crippen LogP) is 0.517. The van der Waals surface area contributed by atoms with Gasteiger partial charge in [0.2, 0.25) is 0 Å². The Morgan fingerprint density at radius 1 is 1.19 bits per heavy atom. The van der Waals surface area contributed by atoms with Crippen LogP contribution in [0.4, 0.5) is 0 Å². The van der Waals surface area contributed by atoms with Crippen LogP contribution in [-0.2, 0) is 18.0 Å². The Morgan fingerprint density at radius 2 is 1.81 bits per heavy atom. The van der Waals surface area contributed by atoms with Crippen LogP contribution in [0.1, 0.15) is 25.7 Å². The second kappa shape index (κ2) is 6.27. The van der Waals surface area contributed by atoms with Crippen LogP contribution >= 0.6 is 0 Å². The lowest BCUT2D eigenvalue weighted by Gasteiger charge is -2.36. The van der Waals surface area contributed by atoms with Crippen molar-refractivity contribution in [1.82, 2.24) is 0 Å². The fraction of sp³-hybridized carbons (Fsp3) is 1.00. The molecule has 1 aliphatic rings. The van der Waals surface area contributed by atoms with Gasteiger partial charge in [-0.3, -0.25) is 0 Å². The lowest BCUT2D eigenvalue weighted by Crippen LogP contribution is -2.46. The zero-order chi connectivity index (χ0) is 12.1. The van der Waals surface area contributed by atoms with Crippen molar-refractivity contribution < 1.29 is 18.0 Å². The molecule has 6 heteroatoms. The Hall–Kier alpha value is 0.274. The molecule has 1 atom stereocenters. The van der Waals surface area contributed by atoms with Crippen LogP contribution in [0, 0.1) is 0 Å². The first-order valence-corrected chi connectivity index (χ1v) is 8.82. The van der Waals surface area contributed by atoms with E-state index in [0.29, 0.717) is 0 Å². The molecule has 0 amide bonds. The Labute approximate surface area is 102 Å². The van der Waals surface area contributed by atoms with E-state index < -0.39 is 8.80 Å². The molecule has 0 aromatic carbocycles. The van der Waals surface area contributed by atoms with Gasteiger partial charge in [0.05, 0.1) is 0 Å². The van der Waals surface area contributed by atoms with Crippen molar-refractivity contribution in [2.45, 2.75) is 37.0 Å². The first kappa shape index (κ1) is 14.3. The van der Waals surface area contributed by atoms with Crippen LogP contribution in [0.15, 0.2) is 0 Å². The third-order valence-corrected chi connectivity index (χ3v) is 7.46. The quantitative estimate of drug-likeness (QED) is 0.655. The SMILES string of the molecule is CO[Si](CCC1([SiH3])CCCCO1)(OC)OC. The zero-order valence-corrected chi connectivity index (χ0v) is 13.9.